The van der Waals surface area contributed by atoms with Crippen LogP contribution in [0.25, 0.3) is 0 Å². The van der Waals surface area contributed by atoms with Gasteiger partial charge in [-0.2, -0.15) is 0 Å². The van der Waals surface area contributed by atoms with Crippen LogP contribution in [-0.2, 0) is 0 Å². The molecule has 0 heterocycles. The van der Waals surface area contributed by atoms with Crippen LogP contribution in [0, 0.1) is 10.1 Å². The van der Waals surface area contributed by atoms with Crippen LogP contribution in [0.2, 0.25) is 10.0 Å². The molecule has 0 aliphatic heterocycles. The highest BCUT2D eigenvalue weighted by Gasteiger charge is 2.16. The number of non-ortho nitro benzene ring substituents is 1. The standard InChI is InChI=1S/C16H15Cl2NO3S/c1-9(2)12-8-11(4-5-15(12)22-3)23-16-13(17)6-10(19(20)21)7-14(16)18/h4-9H,1-3H3. The molecule has 0 N–H and O–H groups in total. The summed E-state index contributed by atoms with van der Waals surface area (Å²) in [4.78, 5) is 11.8. The fourth-order valence-corrected chi connectivity index (χ4v) is 3.67. The number of nitro groups is 1. The van der Waals surface area contributed by atoms with Crippen LogP contribution in [0.15, 0.2) is 40.1 Å². The summed E-state index contributed by atoms with van der Waals surface area (Å²) in [5.41, 5.74) is 0.952. The topological polar surface area (TPSA) is 52.4 Å². The smallest absolute Gasteiger partial charge is 0.272 e. The lowest BCUT2D eigenvalue weighted by Gasteiger charge is -2.14. The third-order valence-electron chi connectivity index (χ3n) is 3.24. The second-order valence-corrected chi connectivity index (χ2v) is 7.05. The first kappa shape index (κ1) is 17.9. The average Bonchev–Trinajstić information content (AvgIpc) is 2.50. The Morgan fingerprint density at radius 3 is 2.26 bits per heavy atom. The molecule has 7 heteroatoms. The second-order valence-electron chi connectivity index (χ2n) is 5.16. The maximum absolute atomic E-state index is 10.8. The molecular weight excluding hydrogens is 357 g/mol. The van der Waals surface area contributed by atoms with Crippen molar-refractivity contribution in [1.82, 2.24) is 0 Å². The third kappa shape index (κ3) is 4.10. The van der Waals surface area contributed by atoms with Gasteiger partial charge in [0.1, 0.15) is 5.75 Å². The van der Waals surface area contributed by atoms with Crippen molar-refractivity contribution in [3.63, 3.8) is 0 Å². The number of benzene rings is 2. The Balaban J connectivity index is 2.40. The van der Waals surface area contributed by atoms with Gasteiger partial charge in [-0.3, -0.25) is 10.1 Å². The molecule has 0 saturated heterocycles. The average molecular weight is 372 g/mol. The molecule has 0 unspecified atom stereocenters. The van der Waals surface area contributed by atoms with Gasteiger partial charge in [-0.05, 0) is 29.7 Å². The summed E-state index contributed by atoms with van der Waals surface area (Å²) in [5, 5.41) is 11.4. The highest BCUT2D eigenvalue weighted by Crippen LogP contribution is 2.42. The minimum absolute atomic E-state index is 0.123. The molecule has 2 aromatic rings. The third-order valence-corrected chi connectivity index (χ3v) is 5.19. The van der Waals surface area contributed by atoms with Gasteiger partial charge in [-0.1, -0.05) is 48.8 Å². The maximum Gasteiger partial charge on any atom is 0.272 e. The zero-order valence-electron chi connectivity index (χ0n) is 12.8. The fraction of sp³-hybridized carbons (Fsp3) is 0.250. The minimum Gasteiger partial charge on any atom is -0.496 e. The number of halogens is 2. The van der Waals surface area contributed by atoms with E-state index in [1.807, 2.05) is 18.2 Å². The Morgan fingerprint density at radius 1 is 1.17 bits per heavy atom. The molecule has 4 nitrogen and oxygen atoms in total. The molecule has 0 bridgehead atoms. The minimum atomic E-state index is -0.517. The van der Waals surface area contributed by atoms with E-state index in [1.54, 1.807) is 7.11 Å². The van der Waals surface area contributed by atoms with Gasteiger partial charge in [0.15, 0.2) is 0 Å². The van der Waals surface area contributed by atoms with Crippen LogP contribution in [0.3, 0.4) is 0 Å². The molecule has 0 saturated carbocycles. The van der Waals surface area contributed by atoms with Gasteiger partial charge in [-0.15, -0.1) is 0 Å². The Labute approximate surface area is 148 Å². The van der Waals surface area contributed by atoms with Crippen molar-refractivity contribution in [2.45, 2.75) is 29.6 Å². The normalized spacial score (nSPS) is 10.9. The first-order valence-corrected chi connectivity index (χ1v) is 8.40. The molecule has 0 amide bonds. The van der Waals surface area contributed by atoms with Crippen molar-refractivity contribution >= 4 is 40.7 Å². The lowest BCUT2D eigenvalue weighted by atomic mass is 10.0. The van der Waals surface area contributed by atoms with Gasteiger partial charge in [0.2, 0.25) is 0 Å². The summed E-state index contributed by atoms with van der Waals surface area (Å²) in [6.45, 7) is 4.16. The predicted octanol–water partition coefficient (Wildman–Crippen LogP) is 6.18. The Morgan fingerprint density at radius 2 is 1.78 bits per heavy atom. The molecule has 0 spiro atoms. The SMILES string of the molecule is COc1ccc(Sc2c(Cl)cc([N+](=O)[O-])cc2Cl)cc1C(C)C. The van der Waals surface area contributed by atoms with Crippen LogP contribution in [0.4, 0.5) is 5.69 Å². The monoisotopic (exact) mass is 371 g/mol. The summed E-state index contributed by atoms with van der Waals surface area (Å²) in [6.07, 6.45) is 0. The van der Waals surface area contributed by atoms with E-state index in [2.05, 4.69) is 13.8 Å². The molecule has 23 heavy (non-hydrogen) atoms. The predicted molar refractivity (Wildman–Crippen MR) is 94.3 cm³/mol. The molecular formula is C16H15Cl2NO3S. The zero-order chi connectivity index (χ0) is 17.1. The first-order chi connectivity index (χ1) is 10.8. The lowest BCUT2D eigenvalue weighted by Crippen LogP contribution is -1.94. The van der Waals surface area contributed by atoms with Crippen LogP contribution in [0.1, 0.15) is 25.3 Å². The van der Waals surface area contributed by atoms with Gasteiger partial charge in [-0.25, -0.2) is 0 Å². The van der Waals surface area contributed by atoms with Crippen molar-refractivity contribution in [2.24, 2.45) is 0 Å². The van der Waals surface area contributed by atoms with Gasteiger partial charge in [0, 0.05) is 21.9 Å². The van der Waals surface area contributed by atoms with Gasteiger partial charge in [0.05, 0.1) is 22.1 Å². The molecule has 0 aromatic heterocycles. The highest BCUT2D eigenvalue weighted by molar-refractivity contribution is 7.99. The van der Waals surface area contributed by atoms with E-state index < -0.39 is 4.92 Å². The number of hydrogen-bond acceptors (Lipinski definition) is 4. The van der Waals surface area contributed by atoms with Crippen molar-refractivity contribution in [3.05, 3.63) is 56.1 Å². The molecule has 0 aliphatic carbocycles. The fourth-order valence-electron chi connectivity index (χ4n) is 2.09. The molecule has 0 aliphatic rings. The van der Waals surface area contributed by atoms with Crippen LogP contribution >= 0.6 is 35.0 Å². The summed E-state index contributed by atoms with van der Waals surface area (Å²) >= 11 is 13.7. The van der Waals surface area contributed by atoms with Crippen molar-refractivity contribution < 1.29 is 9.66 Å². The largest absolute Gasteiger partial charge is 0.496 e. The van der Waals surface area contributed by atoms with E-state index in [1.165, 1.54) is 23.9 Å². The number of nitrogens with zero attached hydrogens (tertiary/aromatic N) is 1. The molecule has 0 radical (unpaired) electrons. The number of ether oxygens (including phenoxy) is 1. The number of hydrogen-bond donors (Lipinski definition) is 0. The highest BCUT2D eigenvalue weighted by atomic mass is 35.5. The Bertz CT molecular complexity index is 727. The number of rotatable bonds is 5. The first-order valence-electron chi connectivity index (χ1n) is 6.82. The summed E-state index contributed by atoms with van der Waals surface area (Å²) in [5.74, 6) is 1.12. The lowest BCUT2D eigenvalue weighted by molar-refractivity contribution is -0.384. The van der Waals surface area contributed by atoms with Crippen LogP contribution < -0.4 is 4.74 Å². The van der Waals surface area contributed by atoms with Gasteiger partial charge >= 0.3 is 0 Å². The van der Waals surface area contributed by atoms with E-state index in [-0.39, 0.29) is 15.7 Å². The molecule has 122 valence electrons. The summed E-state index contributed by atoms with van der Waals surface area (Å²) < 4.78 is 5.37. The number of nitro benzene ring substituents is 1. The summed E-state index contributed by atoms with van der Waals surface area (Å²) in [7, 11) is 1.64. The maximum atomic E-state index is 10.8. The van der Waals surface area contributed by atoms with E-state index in [9.17, 15) is 10.1 Å². The Hall–Kier alpha value is -1.43. The van der Waals surface area contributed by atoms with E-state index in [0.29, 0.717) is 10.8 Å². The van der Waals surface area contributed by atoms with E-state index in [4.69, 9.17) is 27.9 Å². The van der Waals surface area contributed by atoms with Crippen LogP contribution in [0.5, 0.6) is 5.75 Å². The van der Waals surface area contributed by atoms with Crippen molar-refractivity contribution in [3.8, 4) is 5.75 Å². The summed E-state index contributed by atoms with van der Waals surface area (Å²) in [6, 6.07) is 8.43. The zero-order valence-corrected chi connectivity index (χ0v) is 15.1. The van der Waals surface area contributed by atoms with Crippen molar-refractivity contribution in [1.29, 1.82) is 0 Å². The quantitative estimate of drug-likeness (QED) is 0.464. The molecule has 0 atom stereocenters. The van der Waals surface area contributed by atoms with Crippen molar-refractivity contribution in [2.75, 3.05) is 7.11 Å². The Kier molecular flexibility index (Phi) is 5.79. The van der Waals surface area contributed by atoms with E-state index in [0.717, 1.165) is 16.2 Å². The molecule has 0 fully saturated rings. The molecule has 2 aromatic carbocycles. The van der Waals surface area contributed by atoms with E-state index >= 15 is 0 Å². The second kappa shape index (κ2) is 7.43. The number of methoxy groups -OCH3 is 1. The van der Waals surface area contributed by atoms with Gasteiger partial charge in [0.25, 0.3) is 5.69 Å². The van der Waals surface area contributed by atoms with Gasteiger partial charge < -0.3 is 4.74 Å². The molecule has 2 rings (SSSR count). The van der Waals surface area contributed by atoms with Crippen LogP contribution in [-0.4, -0.2) is 12.0 Å².